The van der Waals surface area contributed by atoms with Crippen LogP contribution in [-0.2, 0) is 9.59 Å². The van der Waals surface area contributed by atoms with Crippen LogP contribution in [-0.4, -0.2) is 17.5 Å². The summed E-state index contributed by atoms with van der Waals surface area (Å²) in [6, 6.07) is 8.48. The van der Waals surface area contributed by atoms with E-state index in [0.29, 0.717) is 5.56 Å². The Balaban J connectivity index is 2.15. The number of benzene rings is 1. The van der Waals surface area contributed by atoms with Crippen LogP contribution in [0, 0.1) is 0 Å². The van der Waals surface area contributed by atoms with E-state index in [9.17, 15) is 14.4 Å². The molecule has 0 spiro atoms. The maximum Gasteiger partial charge on any atom is 0.255 e. The monoisotopic (exact) mass is 227 g/mol. The predicted molar refractivity (Wildman–Crippen MR) is 61.1 cm³/mol. The molecule has 0 atom stereocenters. The summed E-state index contributed by atoms with van der Waals surface area (Å²) >= 11 is 0. The molecule has 0 aromatic heterocycles. The zero-order valence-corrected chi connectivity index (χ0v) is 8.84. The standard InChI is InChI=1S/C13H9NO3/c15-10-6-7-12(16)11(8-10)14-13(17)9-4-2-1-3-5-9/h1-8H,(H,14,17). The van der Waals surface area contributed by atoms with E-state index >= 15 is 0 Å². The minimum atomic E-state index is -0.409. The summed E-state index contributed by atoms with van der Waals surface area (Å²) in [4.78, 5) is 34.2. The molecule has 0 heterocycles. The van der Waals surface area contributed by atoms with Gasteiger partial charge in [0.15, 0.2) is 5.78 Å². The van der Waals surface area contributed by atoms with Gasteiger partial charge in [0.05, 0.1) is 5.70 Å². The number of hydrogen-bond donors (Lipinski definition) is 1. The molecule has 0 aliphatic heterocycles. The van der Waals surface area contributed by atoms with Crippen molar-refractivity contribution in [2.75, 3.05) is 0 Å². The van der Waals surface area contributed by atoms with Gasteiger partial charge < -0.3 is 5.32 Å². The Kier molecular flexibility index (Phi) is 2.96. The molecule has 1 aromatic carbocycles. The molecule has 17 heavy (non-hydrogen) atoms. The molecule has 0 radical (unpaired) electrons. The van der Waals surface area contributed by atoms with Crippen LogP contribution in [0.15, 0.2) is 54.3 Å². The van der Waals surface area contributed by atoms with Crippen molar-refractivity contribution in [3.63, 3.8) is 0 Å². The Morgan fingerprint density at radius 1 is 1.00 bits per heavy atom. The van der Waals surface area contributed by atoms with Gasteiger partial charge in [-0.15, -0.1) is 0 Å². The van der Waals surface area contributed by atoms with Crippen LogP contribution < -0.4 is 5.32 Å². The van der Waals surface area contributed by atoms with Crippen molar-refractivity contribution in [2.45, 2.75) is 0 Å². The first-order valence-corrected chi connectivity index (χ1v) is 5.01. The Labute approximate surface area is 97.6 Å². The fourth-order valence-corrected chi connectivity index (χ4v) is 1.39. The lowest BCUT2D eigenvalue weighted by atomic mass is 10.1. The van der Waals surface area contributed by atoms with Gasteiger partial charge in [-0.3, -0.25) is 14.4 Å². The number of allylic oxidation sites excluding steroid dienone is 3. The van der Waals surface area contributed by atoms with Gasteiger partial charge in [-0.2, -0.15) is 0 Å². The highest BCUT2D eigenvalue weighted by molar-refractivity contribution is 6.18. The minimum absolute atomic E-state index is 0.00588. The van der Waals surface area contributed by atoms with Gasteiger partial charge in [-0.1, -0.05) is 18.2 Å². The molecule has 1 N–H and O–H groups in total. The molecule has 1 aromatic rings. The summed E-state index contributed by atoms with van der Waals surface area (Å²) in [7, 11) is 0. The van der Waals surface area contributed by atoms with Gasteiger partial charge in [0.1, 0.15) is 0 Å². The zero-order chi connectivity index (χ0) is 12.3. The molecule has 4 heteroatoms. The lowest BCUT2D eigenvalue weighted by Gasteiger charge is -2.08. The number of carbonyl (C=O) groups is 3. The average Bonchev–Trinajstić information content (AvgIpc) is 2.35. The van der Waals surface area contributed by atoms with Crippen molar-refractivity contribution in [1.29, 1.82) is 0 Å². The molecular weight excluding hydrogens is 218 g/mol. The van der Waals surface area contributed by atoms with E-state index in [1.165, 1.54) is 6.08 Å². The van der Waals surface area contributed by atoms with Gasteiger partial charge in [0.25, 0.3) is 5.91 Å². The molecule has 0 unspecified atom stereocenters. The summed E-state index contributed by atoms with van der Waals surface area (Å²) in [6.45, 7) is 0. The summed E-state index contributed by atoms with van der Waals surface area (Å²) in [6.07, 6.45) is 3.42. The summed E-state index contributed by atoms with van der Waals surface area (Å²) in [5, 5.41) is 2.42. The molecule has 1 amide bonds. The fraction of sp³-hybridized carbons (Fsp3) is 0. The highest BCUT2D eigenvalue weighted by Gasteiger charge is 2.16. The van der Waals surface area contributed by atoms with Crippen molar-refractivity contribution in [1.82, 2.24) is 5.32 Å². The SMILES string of the molecule is O=C1C=CC(=O)C(NC(=O)c2ccccc2)=C1. The van der Waals surface area contributed by atoms with Crippen LogP contribution in [0.4, 0.5) is 0 Å². The topological polar surface area (TPSA) is 63.2 Å². The van der Waals surface area contributed by atoms with Gasteiger partial charge in [0.2, 0.25) is 5.78 Å². The minimum Gasteiger partial charge on any atom is -0.319 e. The normalized spacial score (nSPS) is 14.5. The van der Waals surface area contributed by atoms with E-state index in [2.05, 4.69) is 5.32 Å². The molecule has 4 nitrogen and oxygen atoms in total. The zero-order valence-electron chi connectivity index (χ0n) is 8.84. The fourth-order valence-electron chi connectivity index (χ4n) is 1.39. The number of nitrogens with one attached hydrogen (secondary N) is 1. The first-order chi connectivity index (χ1) is 8.16. The largest absolute Gasteiger partial charge is 0.319 e. The van der Waals surface area contributed by atoms with Crippen LogP contribution in [0.2, 0.25) is 0 Å². The van der Waals surface area contributed by atoms with Gasteiger partial charge in [-0.05, 0) is 24.3 Å². The van der Waals surface area contributed by atoms with Crippen molar-refractivity contribution < 1.29 is 14.4 Å². The Bertz CT molecular complexity index is 541. The van der Waals surface area contributed by atoms with Gasteiger partial charge in [-0.25, -0.2) is 0 Å². The number of hydrogen-bond acceptors (Lipinski definition) is 3. The Morgan fingerprint density at radius 2 is 1.71 bits per heavy atom. The molecule has 1 aliphatic carbocycles. The molecule has 0 saturated carbocycles. The van der Waals surface area contributed by atoms with Crippen LogP contribution in [0.25, 0.3) is 0 Å². The van der Waals surface area contributed by atoms with Crippen LogP contribution >= 0.6 is 0 Å². The highest BCUT2D eigenvalue weighted by Crippen LogP contribution is 2.05. The lowest BCUT2D eigenvalue weighted by molar-refractivity contribution is -0.114. The third-order valence-corrected chi connectivity index (χ3v) is 2.24. The third-order valence-electron chi connectivity index (χ3n) is 2.24. The summed E-state index contributed by atoms with van der Waals surface area (Å²) < 4.78 is 0. The van der Waals surface area contributed by atoms with Crippen molar-refractivity contribution in [3.05, 3.63) is 59.8 Å². The molecule has 0 saturated heterocycles. The second-order valence-corrected chi connectivity index (χ2v) is 3.48. The second kappa shape index (κ2) is 4.57. The maximum atomic E-state index is 11.7. The van der Waals surface area contributed by atoms with Crippen LogP contribution in [0.5, 0.6) is 0 Å². The third kappa shape index (κ3) is 2.55. The molecule has 0 fully saturated rings. The Morgan fingerprint density at radius 3 is 2.41 bits per heavy atom. The van der Waals surface area contributed by atoms with Crippen LogP contribution in [0.3, 0.4) is 0 Å². The quantitative estimate of drug-likeness (QED) is 0.767. The van der Waals surface area contributed by atoms with E-state index < -0.39 is 5.91 Å². The molecule has 84 valence electrons. The molecular formula is C13H9NO3. The summed E-state index contributed by atoms with van der Waals surface area (Å²) in [5.41, 5.74) is 0.439. The van der Waals surface area contributed by atoms with Crippen molar-refractivity contribution in [3.8, 4) is 0 Å². The Hall–Kier alpha value is -2.49. The van der Waals surface area contributed by atoms with E-state index in [0.717, 1.165) is 12.2 Å². The second-order valence-electron chi connectivity index (χ2n) is 3.48. The van der Waals surface area contributed by atoms with E-state index in [1.807, 2.05) is 0 Å². The lowest BCUT2D eigenvalue weighted by Crippen LogP contribution is -2.28. The first-order valence-electron chi connectivity index (χ1n) is 5.01. The average molecular weight is 227 g/mol. The number of rotatable bonds is 2. The van der Waals surface area contributed by atoms with Gasteiger partial charge in [0, 0.05) is 11.6 Å². The first kappa shape index (κ1) is 11.0. The highest BCUT2D eigenvalue weighted by atomic mass is 16.2. The molecule has 1 aliphatic rings. The number of amides is 1. The van der Waals surface area contributed by atoms with E-state index in [4.69, 9.17) is 0 Å². The maximum absolute atomic E-state index is 11.7. The summed E-state index contributed by atoms with van der Waals surface area (Å²) in [5.74, 6) is -1.10. The van der Waals surface area contributed by atoms with E-state index in [-0.39, 0.29) is 17.3 Å². The van der Waals surface area contributed by atoms with Crippen LogP contribution in [0.1, 0.15) is 10.4 Å². The smallest absolute Gasteiger partial charge is 0.255 e. The predicted octanol–water partition coefficient (Wildman–Crippen LogP) is 1.01. The molecule has 0 bridgehead atoms. The number of ketones is 2. The van der Waals surface area contributed by atoms with E-state index in [1.54, 1.807) is 30.3 Å². The van der Waals surface area contributed by atoms with Crippen molar-refractivity contribution >= 4 is 17.5 Å². The number of carbonyl (C=O) groups excluding carboxylic acids is 3. The van der Waals surface area contributed by atoms with Gasteiger partial charge >= 0.3 is 0 Å². The molecule has 2 rings (SSSR count). The van der Waals surface area contributed by atoms with Crippen molar-refractivity contribution in [2.24, 2.45) is 0 Å².